The van der Waals surface area contributed by atoms with Gasteiger partial charge in [-0.1, -0.05) is 0 Å². The van der Waals surface area contributed by atoms with Gasteiger partial charge in [-0.2, -0.15) is 5.10 Å². The highest BCUT2D eigenvalue weighted by Crippen LogP contribution is 2.24. The molecule has 0 bridgehead atoms. The summed E-state index contributed by atoms with van der Waals surface area (Å²) in [5, 5.41) is 19.2. The molecule has 1 aliphatic rings. The van der Waals surface area contributed by atoms with Gasteiger partial charge in [-0.15, -0.1) is 0 Å². The molecular formula is C20H23N5O2. The van der Waals surface area contributed by atoms with Gasteiger partial charge in [0.1, 0.15) is 0 Å². The smallest absolute Gasteiger partial charge is 0.259 e. The van der Waals surface area contributed by atoms with E-state index in [-0.39, 0.29) is 12.5 Å². The summed E-state index contributed by atoms with van der Waals surface area (Å²) in [4.78, 5) is 15.1. The number of amides is 1. The lowest BCUT2D eigenvalue weighted by Crippen LogP contribution is -2.18. The second kappa shape index (κ2) is 7.67. The van der Waals surface area contributed by atoms with Gasteiger partial charge in [0.2, 0.25) is 0 Å². The monoisotopic (exact) mass is 365 g/mol. The zero-order valence-corrected chi connectivity index (χ0v) is 15.1. The summed E-state index contributed by atoms with van der Waals surface area (Å²) in [6.45, 7) is 2.69. The molecule has 1 saturated heterocycles. The lowest BCUT2D eigenvalue weighted by molar-refractivity contribution is 0.102. The summed E-state index contributed by atoms with van der Waals surface area (Å²) in [6, 6.07) is 11.5. The molecule has 1 aliphatic heterocycles. The molecule has 4 rings (SSSR count). The maximum absolute atomic E-state index is 12.8. The first-order valence-corrected chi connectivity index (χ1v) is 9.23. The number of aliphatic hydroxyl groups excluding tert-OH is 1. The summed E-state index contributed by atoms with van der Waals surface area (Å²) >= 11 is 0. The van der Waals surface area contributed by atoms with Crippen molar-refractivity contribution >= 4 is 28.5 Å². The number of nitrogens with zero attached hydrogens (tertiary/aromatic N) is 3. The van der Waals surface area contributed by atoms with Crippen LogP contribution in [-0.2, 0) is 0 Å². The van der Waals surface area contributed by atoms with E-state index < -0.39 is 0 Å². The molecule has 0 unspecified atom stereocenters. The van der Waals surface area contributed by atoms with Crippen molar-refractivity contribution in [2.24, 2.45) is 0 Å². The van der Waals surface area contributed by atoms with Crippen LogP contribution >= 0.6 is 0 Å². The van der Waals surface area contributed by atoms with Gasteiger partial charge in [0.15, 0.2) is 0 Å². The second-order valence-corrected chi connectivity index (χ2v) is 6.65. The van der Waals surface area contributed by atoms with Gasteiger partial charge in [-0.05, 0) is 49.2 Å². The summed E-state index contributed by atoms with van der Waals surface area (Å²) in [6.07, 6.45) is 5.93. The van der Waals surface area contributed by atoms with Gasteiger partial charge in [0, 0.05) is 42.9 Å². The van der Waals surface area contributed by atoms with Crippen LogP contribution in [0.3, 0.4) is 0 Å². The van der Waals surface area contributed by atoms with E-state index in [1.54, 1.807) is 10.7 Å². The second-order valence-electron chi connectivity index (χ2n) is 6.65. The van der Waals surface area contributed by atoms with Crippen molar-refractivity contribution in [2.75, 3.05) is 41.8 Å². The molecule has 27 heavy (non-hydrogen) atoms. The van der Waals surface area contributed by atoms with E-state index in [1.165, 1.54) is 12.8 Å². The number of nitrogens with one attached hydrogen (secondary N) is 2. The Labute approximate surface area is 157 Å². The molecule has 7 heteroatoms. The van der Waals surface area contributed by atoms with E-state index in [4.69, 9.17) is 5.11 Å². The maximum atomic E-state index is 12.8. The quantitative estimate of drug-likeness (QED) is 0.626. The molecule has 1 aromatic carbocycles. The molecule has 7 nitrogen and oxygen atoms in total. The molecule has 140 valence electrons. The van der Waals surface area contributed by atoms with E-state index in [1.807, 2.05) is 42.6 Å². The fourth-order valence-corrected chi connectivity index (χ4v) is 3.39. The highest BCUT2D eigenvalue weighted by atomic mass is 16.3. The Balaban J connectivity index is 1.52. The number of carbonyl (C=O) groups is 1. The highest BCUT2D eigenvalue weighted by molar-refractivity contribution is 6.09. The minimum absolute atomic E-state index is 0.0760. The van der Waals surface area contributed by atoms with Crippen LogP contribution in [0, 0.1) is 0 Å². The third-order valence-electron chi connectivity index (χ3n) is 4.80. The van der Waals surface area contributed by atoms with E-state index in [0.717, 1.165) is 30.0 Å². The molecule has 0 aliphatic carbocycles. The van der Waals surface area contributed by atoms with Crippen LogP contribution < -0.4 is 15.5 Å². The lowest BCUT2D eigenvalue weighted by atomic mass is 10.2. The molecule has 2 aromatic heterocycles. The zero-order valence-electron chi connectivity index (χ0n) is 15.1. The van der Waals surface area contributed by atoms with Gasteiger partial charge < -0.3 is 20.6 Å². The number of pyridine rings is 1. The maximum Gasteiger partial charge on any atom is 0.259 e. The van der Waals surface area contributed by atoms with Crippen LogP contribution in [0.1, 0.15) is 23.2 Å². The normalized spacial score (nSPS) is 13.9. The van der Waals surface area contributed by atoms with Crippen LogP contribution in [0.5, 0.6) is 0 Å². The van der Waals surface area contributed by atoms with Gasteiger partial charge in [-0.3, -0.25) is 4.79 Å². The number of benzene rings is 1. The third kappa shape index (κ3) is 3.73. The average molecular weight is 365 g/mol. The molecule has 3 heterocycles. The number of rotatable bonds is 6. The Kier molecular flexibility index (Phi) is 4.93. The first kappa shape index (κ1) is 17.4. The Morgan fingerprint density at radius 3 is 2.59 bits per heavy atom. The van der Waals surface area contributed by atoms with Crippen molar-refractivity contribution in [3.63, 3.8) is 0 Å². The average Bonchev–Trinajstić information content (AvgIpc) is 3.36. The number of aromatic nitrogens is 2. The van der Waals surface area contributed by atoms with Gasteiger partial charge in [0.05, 0.1) is 23.9 Å². The molecule has 1 amide bonds. The topological polar surface area (TPSA) is 81.9 Å². The third-order valence-corrected chi connectivity index (χ3v) is 4.80. The molecule has 3 aromatic rings. The van der Waals surface area contributed by atoms with E-state index in [0.29, 0.717) is 17.8 Å². The Morgan fingerprint density at radius 1 is 1.11 bits per heavy atom. The number of anilines is 3. The fourth-order valence-electron chi connectivity index (χ4n) is 3.39. The Bertz CT molecular complexity index is 929. The predicted molar refractivity (Wildman–Crippen MR) is 107 cm³/mol. The van der Waals surface area contributed by atoms with Crippen molar-refractivity contribution in [2.45, 2.75) is 12.8 Å². The van der Waals surface area contributed by atoms with Gasteiger partial charge in [-0.25, -0.2) is 4.52 Å². The number of hydrogen-bond donors (Lipinski definition) is 3. The van der Waals surface area contributed by atoms with Crippen LogP contribution in [0.4, 0.5) is 17.1 Å². The van der Waals surface area contributed by atoms with Crippen LogP contribution in [0.15, 0.2) is 48.8 Å². The van der Waals surface area contributed by atoms with Crippen LogP contribution in [0.2, 0.25) is 0 Å². The summed E-state index contributed by atoms with van der Waals surface area (Å²) in [5.74, 6) is -0.181. The van der Waals surface area contributed by atoms with Gasteiger partial charge >= 0.3 is 0 Å². The van der Waals surface area contributed by atoms with Crippen molar-refractivity contribution < 1.29 is 9.90 Å². The van der Waals surface area contributed by atoms with Gasteiger partial charge in [0.25, 0.3) is 5.91 Å². The van der Waals surface area contributed by atoms with Crippen LogP contribution in [-0.4, -0.2) is 46.9 Å². The number of aliphatic hydroxyl groups is 1. The van der Waals surface area contributed by atoms with Crippen molar-refractivity contribution in [1.82, 2.24) is 9.61 Å². The van der Waals surface area contributed by atoms with Crippen LogP contribution in [0.25, 0.3) is 5.52 Å². The minimum Gasteiger partial charge on any atom is -0.395 e. The summed E-state index contributed by atoms with van der Waals surface area (Å²) in [5.41, 5.74) is 4.10. The number of hydrogen-bond acceptors (Lipinski definition) is 5. The first-order valence-electron chi connectivity index (χ1n) is 9.23. The fraction of sp³-hybridized carbons (Fsp3) is 0.300. The van der Waals surface area contributed by atoms with E-state index >= 15 is 0 Å². The molecule has 0 atom stereocenters. The van der Waals surface area contributed by atoms with E-state index in [9.17, 15) is 4.79 Å². The van der Waals surface area contributed by atoms with Crippen molar-refractivity contribution in [3.8, 4) is 0 Å². The summed E-state index contributed by atoms with van der Waals surface area (Å²) in [7, 11) is 0. The van der Waals surface area contributed by atoms with Crippen molar-refractivity contribution in [1.29, 1.82) is 0 Å². The van der Waals surface area contributed by atoms with Crippen molar-refractivity contribution in [3.05, 3.63) is 54.4 Å². The SMILES string of the molecule is O=C(Nc1ccc(NCCO)cc1)c1cnn2ccc(N3CCCC3)cc12. The van der Waals surface area contributed by atoms with E-state index in [2.05, 4.69) is 20.6 Å². The minimum atomic E-state index is -0.181. The largest absolute Gasteiger partial charge is 0.395 e. The first-order chi connectivity index (χ1) is 13.2. The number of fused-ring (bicyclic) bond motifs is 1. The standard InChI is InChI=1S/C20H23N5O2/c26-12-8-21-15-3-5-16(6-4-15)23-20(27)18-14-22-25-11-7-17(13-19(18)25)24-9-1-2-10-24/h3-7,11,13-14,21,26H,1-2,8-10,12H2,(H,23,27). The molecule has 0 radical (unpaired) electrons. The summed E-state index contributed by atoms with van der Waals surface area (Å²) < 4.78 is 1.73. The predicted octanol–water partition coefficient (Wildman–Crippen LogP) is 2.59. The molecule has 0 saturated carbocycles. The molecular weight excluding hydrogens is 342 g/mol. The molecule has 0 spiro atoms. The lowest BCUT2D eigenvalue weighted by Gasteiger charge is -2.17. The Hall–Kier alpha value is -3.06. The number of carbonyl (C=O) groups excluding carboxylic acids is 1. The molecule has 3 N–H and O–H groups in total. The zero-order chi connectivity index (χ0) is 18.6. The Morgan fingerprint density at radius 2 is 1.85 bits per heavy atom. The molecule has 1 fully saturated rings. The highest BCUT2D eigenvalue weighted by Gasteiger charge is 2.17.